The highest BCUT2D eigenvalue weighted by molar-refractivity contribution is 7.16. The van der Waals surface area contributed by atoms with Crippen molar-refractivity contribution in [2.75, 3.05) is 58.5 Å². The normalized spacial score (nSPS) is 15.4. The maximum Gasteiger partial charge on any atom is 0.303 e. The van der Waals surface area contributed by atoms with E-state index in [2.05, 4.69) is 11.5 Å². The number of carboxylic acids is 1. The Bertz CT molecular complexity index is 1900. The third-order valence-electron chi connectivity index (χ3n) is 9.47. The van der Waals surface area contributed by atoms with Gasteiger partial charge in [0.15, 0.2) is 0 Å². The van der Waals surface area contributed by atoms with E-state index in [0.717, 1.165) is 57.4 Å². The average molecular weight is 790 g/mol. The molecule has 2 saturated heterocycles. The zero-order chi connectivity index (χ0) is 40.3. The van der Waals surface area contributed by atoms with E-state index in [9.17, 15) is 26.7 Å². The minimum Gasteiger partial charge on any atom is -0.496 e. The van der Waals surface area contributed by atoms with Crippen molar-refractivity contribution in [2.24, 2.45) is 5.73 Å². The summed E-state index contributed by atoms with van der Waals surface area (Å²) < 4.78 is 78.6. The summed E-state index contributed by atoms with van der Waals surface area (Å²) >= 11 is 0. The van der Waals surface area contributed by atoms with E-state index in [-0.39, 0.29) is 30.8 Å². The standard InChI is InChI=1S/C27H29F2NO4.C13H17FN2O.CH3F2P/c1-33-23-11-9-19(17-30-15-13-27(28,29)14-16-30)26(34-2)25(23)22-8-4-6-20-18(10-12-24(31)32)5-3-7-21(20)22;1-9-7-11(16-3-5-17-6-4-16)8-12(14)13(9)10(2)15;2-1(3)4/h3-9,11H,10,12-17H2,1-2H3,(H,31,32);7-8H,2-6,15H2,1H3;1H,4H2. The fourth-order valence-electron chi connectivity index (χ4n) is 6.86. The summed E-state index contributed by atoms with van der Waals surface area (Å²) in [5.41, 5.74) is 11.5. The molecule has 298 valence electrons. The largest absolute Gasteiger partial charge is 0.496 e. The number of carboxylic acid groups (broad SMARTS) is 1. The van der Waals surface area contributed by atoms with Crippen molar-refractivity contribution in [3.63, 3.8) is 0 Å². The van der Waals surface area contributed by atoms with Gasteiger partial charge in [-0.2, -0.15) is 0 Å². The van der Waals surface area contributed by atoms with Gasteiger partial charge in [0.2, 0.25) is 6.17 Å². The van der Waals surface area contributed by atoms with Gasteiger partial charge in [-0.25, -0.2) is 22.0 Å². The molecule has 4 aromatic rings. The van der Waals surface area contributed by atoms with Crippen LogP contribution in [0.3, 0.4) is 0 Å². The lowest BCUT2D eigenvalue weighted by atomic mass is 9.92. The van der Waals surface area contributed by atoms with E-state index in [1.165, 1.54) is 15.3 Å². The minimum absolute atomic E-state index is 0.0559. The van der Waals surface area contributed by atoms with Crippen molar-refractivity contribution >= 4 is 37.4 Å². The van der Waals surface area contributed by atoms with Gasteiger partial charge in [0.25, 0.3) is 5.92 Å². The third-order valence-corrected chi connectivity index (χ3v) is 9.47. The topological polar surface area (TPSA) is 97.5 Å². The molecule has 0 amide bonds. The molecule has 2 fully saturated rings. The number of piperidine rings is 1. The van der Waals surface area contributed by atoms with Crippen LogP contribution in [0.25, 0.3) is 27.6 Å². The zero-order valence-corrected chi connectivity index (χ0v) is 32.5. The second-order valence-electron chi connectivity index (χ2n) is 13.3. The Labute approximate surface area is 321 Å². The van der Waals surface area contributed by atoms with Gasteiger partial charge >= 0.3 is 5.97 Å². The monoisotopic (exact) mass is 789 g/mol. The lowest BCUT2D eigenvalue weighted by Gasteiger charge is -2.32. The fourth-order valence-corrected chi connectivity index (χ4v) is 6.86. The van der Waals surface area contributed by atoms with Gasteiger partial charge in [0, 0.05) is 74.5 Å². The van der Waals surface area contributed by atoms with Crippen molar-refractivity contribution in [3.8, 4) is 22.6 Å². The number of nitrogens with zero attached hydrogens (tertiary/aromatic N) is 2. The van der Waals surface area contributed by atoms with Gasteiger partial charge in [0.1, 0.15) is 17.3 Å². The molecular formula is C41H49F5N3O5P. The second-order valence-corrected chi connectivity index (χ2v) is 13.8. The van der Waals surface area contributed by atoms with E-state index >= 15 is 0 Å². The number of fused-ring (bicyclic) bond motifs is 1. The van der Waals surface area contributed by atoms with Crippen molar-refractivity contribution in [2.45, 2.75) is 51.2 Å². The summed E-state index contributed by atoms with van der Waals surface area (Å²) in [7, 11) is 4.54. The van der Waals surface area contributed by atoms with Crippen LogP contribution in [-0.2, 0) is 22.5 Å². The van der Waals surface area contributed by atoms with Gasteiger partial charge in [-0.05, 0) is 59.0 Å². The molecule has 14 heteroatoms. The summed E-state index contributed by atoms with van der Waals surface area (Å²) in [5.74, 6) is -2.43. The Hall–Kier alpha value is -4.45. The first-order chi connectivity index (χ1) is 26.1. The highest BCUT2D eigenvalue weighted by Gasteiger charge is 2.34. The summed E-state index contributed by atoms with van der Waals surface area (Å²) in [6.45, 7) is 9.57. The Balaban J connectivity index is 0.000000266. The van der Waals surface area contributed by atoms with E-state index in [1.807, 2.05) is 66.4 Å². The number of methoxy groups -OCH3 is 2. The molecule has 2 aliphatic rings. The predicted molar refractivity (Wildman–Crippen MR) is 211 cm³/mol. The van der Waals surface area contributed by atoms with E-state index in [4.69, 9.17) is 25.1 Å². The van der Waals surface area contributed by atoms with Crippen LogP contribution in [0.5, 0.6) is 11.5 Å². The number of benzene rings is 4. The molecule has 0 spiro atoms. The van der Waals surface area contributed by atoms with Crippen molar-refractivity contribution in [1.82, 2.24) is 4.90 Å². The smallest absolute Gasteiger partial charge is 0.303 e. The van der Waals surface area contributed by atoms with Crippen LogP contribution < -0.4 is 20.1 Å². The molecule has 0 aromatic heterocycles. The highest BCUT2D eigenvalue weighted by atomic mass is 31.0. The quantitative estimate of drug-likeness (QED) is 0.122. The number of nitrogens with two attached hydrogens (primary N) is 1. The molecule has 0 saturated carbocycles. The van der Waals surface area contributed by atoms with Crippen molar-refractivity contribution in [3.05, 3.63) is 95.3 Å². The summed E-state index contributed by atoms with van der Waals surface area (Å²) in [4.78, 5) is 15.3. The van der Waals surface area contributed by atoms with Crippen molar-refractivity contribution in [1.29, 1.82) is 0 Å². The lowest BCUT2D eigenvalue weighted by Crippen LogP contribution is -2.38. The second kappa shape index (κ2) is 19.9. The number of anilines is 1. The van der Waals surface area contributed by atoms with Gasteiger partial charge in [-0.15, -0.1) is 0 Å². The summed E-state index contributed by atoms with van der Waals surface area (Å²) in [5, 5.41) is 11.1. The Kier molecular flexibility index (Phi) is 15.7. The average Bonchev–Trinajstić information content (AvgIpc) is 3.14. The number of aliphatic carboxylic acids is 1. The molecule has 55 heavy (non-hydrogen) atoms. The van der Waals surface area contributed by atoms with Gasteiger partial charge < -0.3 is 30.0 Å². The van der Waals surface area contributed by atoms with Crippen LogP contribution in [0, 0.1) is 12.7 Å². The number of hydrogen-bond acceptors (Lipinski definition) is 7. The Morgan fingerprint density at radius 3 is 2.20 bits per heavy atom. The molecule has 1 unspecified atom stereocenters. The van der Waals surface area contributed by atoms with Crippen LogP contribution in [-0.4, -0.2) is 81.7 Å². The highest BCUT2D eigenvalue weighted by Crippen LogP contribution is 2.45. The number of rotatable bonds is 10. The Morgan fingerprint density at radius 2 is 1.62 bits per heavy atom. The number of halogens is 5. The van der Waals surface area contributed by atoms with Gasteiger partial charge in [0.05, 0.1) is 33.0 Å². The number of alkyl halides is 4. The lowest BCUT2D eigenvalue weighted by molar-refractivity contribution is -0.136. The molecule has 0 radical (unpaired) electrons. The third kappa shape index (κ3) is 11.8. The van der Waals surface area contributed by atoms with E-state index in [0.29, 0.717) is 56.3 Å². The van der Waals surface area contributed by atoms with Gasteiger partial charge in [-0.3, -0.25) is 9.69 Å². The fraction of sp³-hybridized carbons (Fsp3) is 0.390. The summed E-state index contributed by atoms with van der Waals surface area (Å²) in [6.07, 6.45) is -2.04. The molecule has 2 heterocycles. The van der Waals surface area contributed by atoms with Gasteiger partial charge in [-0.1, -0.05) is 58.3 Å². The first kappa shape index (κ1) is 43.3. The number of ether oxygens (including phenoxy) is 3. The molecule has 8 nitrogen and oxygen atoms in total. The molecule has 0 aliphatic carbocycles. The van der Waals surface area contributed by atoms with Crippen LogP contribution in [0.2, 0.25) is 0 Å². The Morgan fingerprint density at radius 1 is 0.982 bits per heavy atom. The number of likely N-dealkylation sites (tertiary alicyclic amines) is 1. The molecule has 2 aliphatic heterocycles. The van der Waals surface area contributed by atoms with Crippen LogP contribution in [0.4, 0.5) is 27.6 Å². The predicted octanol–water partition coefficient (Wildman–Crippen LogP) is 8.76. The minimum atomic E-state index is -2.59. The first-order valence-corrected chi connectivity index (χ1v) is 18.5. The molecular weight excluding hydrogens is 740 g/mol. The maximum absolute atomic E-state index is 13.9. The first-order valence-electron chi connectivity index (χ1n) is 17.8. The molecule has 4 aromatic carbocycles. The number of carbonyl (C=O) groups is 1. The number of morpholine rings is 1. The maximum atomic E-state index is 13.9. The number of aryl methyl sites for hydroxylation is 2. The number of hydrogen-bond donors (Lipinski definition) is 2. The van der Waals surface area contributed by atoms with E-state index < -0.39 is 18.1 Å². The molecule has 1 atom stereocenters. The van der Waals surface area contributed by atoms with Crippen LogP contribution in [0.15, 0.2) is 67.2 Å². The van der Waals surface area contributed by atoms with Crippen LogP contribution >= 0.6 is 9.24 Å². The molecule has 6 rings (SSSR count). The van der Waals surface area contributed by atoms with Crippen LogP contribution in [0.1, 0.15) is 41.5 Å². The molecule has 3 N–H and O–H groups in total. The van der Waals surface area contributed by atoms with Crippen molar-refractivity contribution < 1.29 is 46.1 Å². The SMILES string of the molecule is C=C(N)c1c(C)cc(N2CCOCC2)cc1F.COc1ccc(CN2CCC(F)(F)CC2)c(OC)c1-c1cccc2c(CCC(=O)O)cccc12.FC(F)P. The zero-order valence-electron chi connectivity index (χ0n) is 31.4. The molecule has 0 bridgehead atoms. The van der Waals surface area contributed by atoms with E-state index in [1.54, 1.807) is 14.2 Å². The summed E-state index contributed by atoms with van der Waals surface area (Å²) in [6, 6.07) is 19.1.